The number of fused-ring (bicyclic) bond motifs is 1. The van der Waals surface area contributed by atoms with Crippen LogP contribution in [0.3, 0.4) is 0 Å². The minimum Gasteiger partial charge on any atom is -0.482 e. The highest BCUT2D eigenvalue weighted by atomic mass is 32.2. The number of sulfonamides is 1. The van der Waals surface area contributed by atoms with Gasteiger partial charge >= 0.3 is 0 Å². The molecule has 0 spiro atoms. The Morgan fingerprint density at radius 1 is 1.12 bits per heavy atom. The molecule has 8 nitrogen and oxygen atoms in total. The molecule has 2 amide bonds. The Balaban J connectivity index is 1.55. The van der Waals surface area contributed by atoms with E-state index in [2.05, 4.69) is 33.0 Å². The van der Waals surface area contributed by atoms with Gasteiger partial charge in [-0.15, -0.1) is 0 Å². The van der Waals surface area contributed by atoms with Gasteiger partial charge in [-0.2, -0.15) is 4.31 Å². The maximum Gasteiger partial charge on any atom is 0.265 e. The van der Waals surface area contributed by atoms with Crippen molar-refractivity contribution in [3.63, 3.8) is 0 Å². The van der Waals surface area contributed by atoms with Crippen molar-refractivity contribution in [2.24, 2.45) is 23.7 Å². The highest BCUT2D eigenvalue weighted by Gasteiger charge is 2.35. The van der Waals surface area contributed by atoms with Crippen LogP contribution in [0.15, 0.2) is 23.1 Å². The number of carbonyl (C=O) groups is 2. The number of hydrogen-bond donors (Lipinski definition) is 1. The molecule has 0 bridgehead atoms. The van der Waals surface area contributed by atoms with Gasteiger partial charge in [0.05, 0.1) is 10.6 Å². The van der Waals surface area contributed by atoms with Crippen molar-refractivity contribution >= 4 is 27.5 Å². The molecule has 1 N–H and O–H groups in total. The molecule has 188 valence electrons. The number of carbonyl (C=O) groups excluding carboxylic acids is 2. The lowest BCUT2D eigenvalue weighted by atomic mass is 9.78. The van der Waals surface area contributed by atoms with Gasteiger partial charge in [0, 0.05) is 19.1 Å². The second-order valence-corrected chi connectivity index (χ2v) is 12.5. The standard InChI is InChI=1S/C25H37N3O5S/c1-16-10-17(2)13-27(12-16)34(31,32)20-8-9-23-22(11-20)28(25(30)15-33-23)14-24(29)26-21-7-5-6-18(3)19(21)4/h8-9,11,16-19,21H,5-7,10,12-15H2,1-4H3,(H,26,29)/t16-,17+,18-,19+,21-/m1/s1. The Bertz CT molecular complexity index is 1030. The van der Waals surface area contributed by atoms with Crippen LogP contribution in [0.5, 0.6) is 5.75 Å². The zero-order valence-corrected chi connectivity index (χ0v) is 21.4. The number of piperidine rings is 1. The fourth-order valence-corrected chi connectivity index (χ4v) is 7.35. The van der Waals surface area contributed by atoms with Gasteiger partial charge in [0.15, 0.2) is 6.61 Å². The van der Waals surface area contributed by atoms with E-state index in [1.165, 1.54) is 21.3 Å². The molecule has 2 heterocycles. The van der Waals surface area contributed by atoms with Crippen LogP contribution in [0, 0.1) is 23.7 Å². The van der Waals surface area contributed by atoms with Crippen molar-refractivity contribution in [3.05, 3.63) is 18.2 Å². The molecule has 34 heavy (non-hydrogen) atoms. The van der Waals surface area contributed by atoms with E-state index in [4.69, 9.17) is 4.74 Å². The number of nitrogens with one attached hydrogen (secondary N) is 1. The first-order chi connectivity index (χ1) is 16.1. The summed E-state index contributed by atoms with van der Waals surface area (Å²) in [7, 11) is -3.73. The molecule has 4 rings (SSSR count). The quantitative estimate of drug-likeness (QED) is 0.683. The van der Waals surface area contributed by atoms with Crippen LogP contribution in [0.2, 0.25) is 0 Å². The molecule has 1 aliphatic carbocycles. The number of nitrogens with zero attached hydrogens (tertiary/aromatic N) is 2. The van der Waals surface area contributed by atoms with Crippen molar-refractivity contribution in [3.8, 4) is 5.75 Å². The predicted molar refractivity (Wildman–Crippen MR) is 130 cm³/mol. The lowest BCUT2D eigenvalue weighted by Crippen LogP contribution is -2.50. The first kappa shape index (κ1) is 25.0. The summed E-state index contributed by atoms with van der Waals surface area (Å²) in [5.41, 5.74) is 0.329. The molecule has 2 aliphatic heterocycles. The van der Waals surface area contributed by atoms with Gasteiger partial charge in [0.1, 0.15) is 12.3 Å². The fourth-order valence-electron chi connectivity index (χ4n) is 5.65. The zero-order valence-electron chi connectivity index (χ0n) is 20.6. The number of amides is 2. The number of rotatable bonds is 5. The SMILES string of the molecule is C[C@@H]1C[C@H](C)CN(S(=O)(=O)c2ccc3c(c2)N(CC(=O)N[C@@H]2CCC[C@@H](C)[C@@H]2C)C(=O)CO3)C1. The van der Waals surface area contributed by atoms with Crippen LogP contribution >= 0.6 is 0 Å². The predicted octanol–water partition coefficient (Wildman–Crippen LogP) is 3.02. The molecule has 1 aromatic rings. The van der Waals surface area contributed by atoms with Gasteiger partial charge in [-0.3, -0.25) is 14.5 Å². The lowest BCUT2D eigenvalue weighted by Gasteiger charge is -2.36. The average molecular weight is 492 g/mol. The monoisotopic (exact) mass is 491 g/mol. The van der Waals surface area contributed by atoms with E-state index >= 15 is 0 Å². The first-order valence-electron chi connectivity index (χ1n) is 12.4. The van der Waals surface area contributed by atoms with Crippen LogP contribution in [0.1, 0.15) is 53.4 Å². The summed E-state index contributed by atoms with van der Waals surface area (Å²) in [5.74, 6) is 1.29. The van der Waals surface area contributed by atoms with E-state index in [1.807, 2.05) is 0 Å². The maximum atomic E-state index is 13.4. The average Bonchev–Trinajstić information content (AvgIpc) is 2.78. The van der Waals surface area contributed by atoms with E-state index < -0.39 is 10.0 Å². The van der Waals surface area contributed by atoms with Crippen LogP contribution in [-0.4, -0.2) is 56.8 Å². The number of benzene rings is 1. The summed E-state index contributed by atoms with van der Waals surface area (Å²) < 4.78 is 33.9. The van der Waals surface area contributed by atoms with Gasteiger partial charge in [0.2, 0.25) is 15.9 Å². The molecule has 0 aromatic heterocycles. The highest BCUT2D eigenvalue weighted by Crippen LogP contribution is 2.36. The van der Waals surface area contributed by atoms with Crippen molar-refractivity contribution < 1.29 is 22.7 Å². The summed E-state index contributed by atoms with van der Waals surface area (Å²) in [4.78, 5) is 27.1. The molecule has 2 fully saturated rings. The second-order valence-electron chi connectivity index (χ2n) is 10.6. The van der Waals surface area contributed by atoms with Crippen LogP contribution < -0.4 is 15.0 Å². The molecule has 5 atom stereocenters. The van der Waals surface area contributed by atoms with E-state index in [0.29, 0.717) is 36.4 Å². The Kier molecular flexibility index (Phi) is 7.24. The fraction of sp³-hybridized carbons (Fsp3) is 0.680. The highest BCUT2D eigenvalue weighted by molar-refractivity contribution is 7.89. The van der Waals surface area contributed by atoms with E-state index in [1.54, 1.807) is 6.07 Å². The van der Waals surface area contributed by atoms with Gasteiger partial charge in [-0.05, 0) is 54.7 Å². The largest absolute Gasteiger partial charge is 0.482 e. The van der Waals surface area contributed by atoms with Gasteiger partial charge in [0.25, 0.3) is 5.91 Å². The van der Waals surface area contributed by atoms with E-state index in [0.717, 1.165) is 25.7 Å². The van der Waals surface area contributed by atoms with Crippen LogP contribution in [0.25, 0.3) is 0 Å². The Hall–Kier alpha value is -2.13. The van der Waals surface area contributed by atoms with Crippen molar-refractivity contribution in [1.29, 1.82) is 0 Å². The lowest BCUT2D eigenvalue weighted by molar-refractivity contribution is -0.126. The van der Waals surface area contributed by atoms with Gasteiger partial charge in [-0.1, -0.05) is 40.5 Å². The molecule has 0 unspecified atom stereocenters. The van der Waals surface area contributed by atoms with E-state index in [9.17, 15) is 18.0 Å². The molecule has 1 saturated heterocycles. The third-order valence-electron chi connectivity index (χ3n) is 7.70. The minimum absolute atomic E-state index is 0.0849. The van der Waals surface area contributed by atoms with Crippen molar-refractivity contribution in [1.82, 2.24) is 9.62 Å². The van der Waals surface area contributed by atoms with Crippen LogP contribution in [-0.2, 0) is 19.6 Å². The van der Waals surface area contributed by atoms with Crippen molar-refractivity contribution in [2.75, 3.05) is 31.1 Å². The first-order valence-corrected chi connectivity index (χ1v) is 13.9. The topological polar surface area (TPSA) is 96.0 Å². The summed E-state index contributed by atoms with van der Waals surface area (Å²) in [6, 6.07) is 4.67. The Morgan fingerprint density at radius 3 is 2.53 bits per heavy atom. The summed E-state index contributed by atoms with van der Waals surface area (Å²) in [6.45, 7) is 9.10. The minimum atomic E-state index is -3.73. The van der Waals surface area contributed by atoms with Gasteiger partial charge in [-0.25, -0.2) is 8.42 Å². The third kappa shape index (κ3) is 5.10. The molecule has 0 radical (unpaired) electrons. The molecule has 9 heteroatoms. The molecular formula is C25H37N3O5S. The second kappa shape index (κ2) is 9.85. The number of ether oxygens (including phenoxy) is 1. The smallest absolute Gasteiger partial charge is 0.265 e. The summed E-state index contributed by atoms with van der Waals surface area (Å²) in [5, 5.41) is 3.10. The third-order valence-corrected chi connectivity index (χ3v) is 9.53. The van der Waals surface area contributed by atoms with Gasteiger partial charge < -0.3 is 10.1 Å². The van der Waals surface area contributed by atoms with Crippen molar-refractivity contribution in [2.45, 2.75) is 64.3 Å². The molecule has 3 aliphatic rings. The normalized spacial score (nSPS) is 30.4. The molecule has 1 saturated carbocycles. The number of anilines is 1. The van der Waals surface area contributed by atoms with E-state index in [-0.39, 0.29) is 47.7 Å². The molecular weight excluding hydrogens is 454 g/mol. The Morgan fingerprint density at radius 2 is 1.82 bits per heavy atom. The maximum absolute atomic E-state index is 13.4. The summed E-state index contributed by atoms with van der Waals surface area (Å²) >= 11 is 0. The Labute approximate surface area is 203 Å². The van der Waals surface area contributed by atoms with Crippen LogP contribution in [0.4, 0.5) is 5.69 Å². The number of hydrogen-bond acceptors (Lipinski definition) is 5. The molecule has 1 aromatic carbocycles. The summed E-state index contributed by atoms with van der Waals surface area (Å²) in [6.07, 6.45) is 4.17. The zero-order chi connectivity index (χ0) is 24.6.